The van der Waals surface area contributed by atoms with Crippen molar-refractivity contribution < 1.29 is 4.92 Å². The molecule has 1 unspecified atom stereocenters. The van der Waals surface area contributed by atoms with Gasteiger partial charge >= 0.3 is 5.69 Å². The molecule has 1 aromatic carbocycles. The van der Waals surface area contributed by atoms with Crippen molar-refractivity contribution in [1.29, 1.82) is 0 Å². The smallest absolute Gasteiger partial charge is 0.329 e. The summed E-state index contributed by atoms with van der Waals surface area (Å²) in [7, 11) is 1.71. The molecular formula is C13H12Cl2N4O2. The Bertz CT molecular complexity index is 681. The molecule has 110 valence electrons. The molecule has 21 heavy (non-hydrogen) atoms. The molecule has 0 fully saturated rings. The van der Waals surface area contributed by atoms with Crippen molar-refractivity contribution in [1.82, 2.24) is 9.97 Å². The van der Waals surface area contributed by atoms with Gasteiger partial charge in [0.15, 0.2) is 0 Å². The second-order valence-corrected chi connectivity index (χ2v) is 5.22. The lowest BCUT2D eigenvalue weighted by Crippen LogP contribution is -2.24. The number of aromatic nitrogens is 2. The molecule has 8 heteroatoms. The molecule has 6 nitrogen and oxygen atoms in total. The molecule has 1 aromatic heterocycles. The van der Waals surface area contributed by atoms with Crippen molar-refractivity contribution in [2.24, 2.45) is 0 Å². The molecule has 0 saturated carbocycles. The maximum Gasteiger partial charge on any atom is 0.329 e. The van der Waals surface area contributed by atoms with Gasteiger partial charge in [0.25, 0.3) is 0 Å². The summed E-state index contributed by atoms with van der Waals surface area (Å²) in [5.74, 6) is 0.160. The number of hydrogen-bond donors (Lipinski definition) is 0. The first-order chi connectivity index (χ1) is 9.90. The number of nitro groups is 1. The van der Waals surface area contributed by atoms with E-state index in [-0.39, 0.29) is 22.8 Å². The largest absolute Gasteiger partial charge is 0.347 e. The maximum atomic E-state index is 11.1. The van der Waals surface area contributed by atoms with Gasteiger partial charge in [-0.2, -0.15) is 4.98 Å². The van der Waals surface area contributed by atoms with Crippen LogP contribution in [-0.2, 0) is 0 Å². The molecule has 2 aromatic rings. The summed E-state index contributed by atoms with van der Waals surface area (Å²) in [4.78, 5) is 19.8. The Hall–Kier alpha value is -1.92. The zero-order chi connectivity index (χ0) is 15.6. The molecule has 1 atom stereocenters. The SMILES string of the molecule is CC(c1cccc(Cl)c1)N(C)c1nc(Cl)ncc1[N+](=O)[O-]. The number of rotatable bonds is 4. The van der Waals surface area contributed by atoms with E-state index in [1.807, 2.05) is 19.1 Å². The fourth-order valence-electron chi connectivity index (χ4n) is 1.91. The predicted octanol–water partition coefficient (Wildman–Crippen LogP) is 3.89. The summed E-state index contributed by atoms with van der Waals surface area (Å²) in [6, 6.07) is 7.11. The van der Waals surface area contributed by atoms with Crippen molar-refractivity contribution in [2.75, 3.05) is 11.9 Å². The fourth-order valence-corrected chi connectivity index (χ4v) is 2.24. The van der Waals surface area contributed by atoms with Crippen molar-refractivity contribution >= 4 is 34.7 Å². The molecule has 0 spiro atoms. The molecule has 0 aliphatic heterocycles. The van der Waals surface area contributed by atoms with E-state index in [1.165, 1.54) is 0 Å². The van der Waals surface area contributed by atoms with Gasteiger partial charge in [-0.25, -0.2) is 4.98 Å². The van der Waals surface area contributed by atoms with Gasteiger partial charge in [-0.1, -0.05) is 23.7 Å². The van der Waals surface area contributed by atoms with Gasteiger partial charge in [-0.05, 0) is 36.2 Å². The van der Waals surface area contributed by atoms with Crippen LogP contribution in [0, 0.1) is 10.1 Å². The summed E-state index contributed by atoms with van der Waals surface area (Å²) in [5.41, 5.74) is 0.713. The van der Waals surface area contributed by atoms with Crippen LogP contribution in [0.2, 0.25) is 10.3 Å². The van der Waals surface area contributed by atoms with Gasteiger partial charge in [0.05, 0.1) is 11.0 Å². The number of nitrogens with zero attached hydrogens (tertiary/aromatic N) is 4. The first kappa shape index (κ1) is 15.5. The Morgan fingerprint density at radius 1 is 1.38 bits per heavy atom. The molecule has 0 aliphatic rings. The van der Waals surface area contributed by atoms with Gasteiger partial charge in [0.2, 0.25) is 11.1 Å². The molecule has 0 amide bonds. The highest BCUT2D eigenvalue weighted by Gasteiger charge is 2.24. The summed E-state index contributed by atoms with van der Waals surface area (Å²) in [6.07, 6.45) is 1.10. The van der Waals surface area contributed by atoms with Crippen LogP contribution >= 0.6 is 23.2 Å². The van der Waals surface area contributed by atoms with Crippen molar-refractivity contribution in [3.8, 4) is 0 Å². The lowest BCUT2D eigenvalue weighted by molar-refractivity contribution is -0.384. The van der Waals surface area contributed by atoms with Crippen LogP contribution < -0.4 is 4.90 Å². The molecular weight excluding hydrogens is 315 g/mol. The zero-order valence-electron chi connectivity index (χ0n) is 11.3. The number of benzene rings is 1. The van der Waals surface area contributed by atoms with E-state index >= 15 is 0 Å². The van der Waals surface area contributed by atoms with Gasteiger partial charge in [0, 0.05) is 12.1 Å². The average molecular weight is 327 g/mol. The van der Waals surface area contributed by atoms with Crippen LogP contribution in [0.3, 0.4) is 0 Å². The summed E-state index contributed by atoms with van der Waals surface area (Å²) >= 11 is 11.7. The first-order valence-corrected chi connectivity index (χ1v) is 6.81. The van der Waals surface area contributed by atoms with Crippen LogP contribution in [0.4, 0.5) is 11.5 Å². The third-order valence-electron chi connectivity index (χ3n) is 3.16. The van der Waals surface area contributed by atoms with E-state index in [0.717, 1.165) is 11.8 Å². The summed E-state index contributed by atoms with van der Waals surface area (Å²) in [6.45, 7) is 1.89. The van der Waals surface area contributed by atoms with E-state index in [9.17, 15) is 10.1 Å². The number of halogens is 2. The second kappa shape index (κ2) is 6.24. The van der Waals surface area contributed by atoms with E-state index in [4.69, 9.17) is 23.2 Å². The highest BCUT2D eigenvalue weighted by atomic mass is 35.5. The third kappa shape index (κ3) is 3.40. The van der Waals surface area contributed by atoms with Crippen molar-refractivity contribution in [3.05, 3.63) is 56.4 Å². The van der Waals surface area contributed by atoms with Gasteiger partial charge in [-0.3, -0.25) is 10.1 Å². The highest BCUT2D eigenvalue weighted by molar-refractivity contribution is 6.30. The minimum absolute atomic E-state index is 0.0410. The summed E-state index contributed by atoms with van der Waals surface area (Å²) < 4.78 is 0. The van der Waals surface area contributed by atoms with Crippen LogP contribution in [0.1, 0.15) is 18.5 Å². The standard InChI is InChI=1S/C13H12Cl2N4O2/c1-8(9-4-3-5-10(14)6-9)18(2)12-11(19(20)21)7-16-13(15)17-12/h3-8H,1-2H3. The number of anilines is 1. The molecule has 0 saturated heterocycles. The quantitative estimate of drug-likeness (QED) is 0.484. The topological polar surface area (TPSA) is 72.2 Å². The van der Waals surface area contributed by atoms with Gasteiger partial charge in [0.1, 0.15) is 6.20 Å². The molecule has 1 heterocycles. The minimum Gasteiger partial charge on any atom is -0.347 e. The predicted molar refractivity (Wildman–Crippen MR) is 82.0 cm³/mol. The molecule has 0 aliphatic carbocycles. The van der Waals surface area contributed by atoms with Crippen molar-refractivity contribution in [3.63, 3.8) is 0 Å². The minimum atomic E-state index is -0.535. The van der Waals surface area contributed by atoms with E-state index < -0.39 is 4.92 Å². The van der Waals surface area contributed by atoms with Crippen LogP contribution in [0.25, 0.3) is 0 Å². The first-order valence-electron chi connectivity index (χ1n) is 6.05. The Kier molecular flexibility index (Phi) is 4.59. The molecule has 0 radical (unpaired) electrons. The van der Waals surface area contributed by atoms with Crippen molar-refractivity contribution in [2.45, 2.75) is 13.0 Å². The normalized spacial score (nSPS) is 12.0. The molecule has 0 bridgehead atoms. The van der Waals surface area contributed by atoms with Crippen LogP contribution in [-0.4, -0.2) is 21.9 Å². The Labute approximate surface area is 131 Å². The molecule has 2 rings (SSSR count). The Morgan fingerprint density at radius 3 is 2.71 bits per heavy atom. The Balaban J connectivity index is 2.41. The monoisotopic (exact) mass is 326 g/mol. The summed E-state index contributed by atoms with van der Waals surface area (Å²) in [5, 5.41) is 11.6. The van der Waals surface area contributed by atoms with Crippen LogP contribution in [0.15, 0.2) is 30.5 Å². The lowest BCUT2D eigenvalue weighted by Gasteiger charge is -2.26. The van der Waals surface area contributed by atoms with E-state index in [0.29, 0.717) is 5.02 Å². The van der Waals surface area contributed by atoms with Crippen LogP contribution in [0.5, 0.6) is 0 Å². The fraction of sp³-hybridized carbons (Fsp3) is 0.231. The second-order valence-electron chi connectivity index (χ2n) is 4.45. The highest BCUT2D eigenvalue weighted by Crippen LogP contribution is 2.31. The van der Waals surface area contributed by atoms with E-state index in [1.54, 1.807) is 24.1 Å². The van der Waals surface area contributed by atoms with Gasteiger partial charge in [-0.15, -0.1) is 0 Å². The average Bonchev–Trinajstić information content (AvgIpc) is 2.45. The van der Waals surface area contributed by atoms with E-state index in [2.05, 4.69) is 9.97 Å². The van der Waals surface area contributed by atoms with Gasteiger partial charge < -0.3 is 4.90 Å². The lowest BCUT2D eigenvalue weighted by atomic mass is 10.1. The Morgan fingerprint density at radius 2 is 2.10 bits per heavy atom. The third-order valence-corrected chi connectivity index (χ3v) is 3.58. The maximum absolute atomic E-state index is 11.1. The number of hydrogen-bond acceptors (Lipinski definition) is 5. The zero-order valence-corrected chi connectivity index (χ0v) is 12.8. The molecule has 0 N–H and O–H groups in total.